The normalized spacial score (nSPS) is 12.9. The standard InChI is InChI=1S/C24H23ClN4O2/c1-15(30)29-11-9-22-19(14-29)24(18-13-17(26-2)5-6-21(18)28-22)27-10-8-16-4-7-23(31-3)20(25)12-16/h4-7,12-13H,8-11,14H2,1,3H3,(H,27,28). The number of methoxy groups -OCH3 is 1. The first kappa shape index (κ1) is 21.0. The van der Waals surface area contributed by atoms with Gasteiger partial charge in [0.25, 0.3) is 0 Å². The summed E-state index contributed by atoms with van der Waals surface area (Å²) in [6.45, 7) is 10.8. The second-order valence-corrected chi connectivity index (χ2v) is 7.97. The molecule has 0 saturated carbocycles. The molecule has 4 rings (SSSR count). The van der Waals surface area contributed by atoms with Gasteiger partial charge >= 0.3 is 0 Å². The number of hydrogen-bond acceptors (Lipinski definition) is 4. The van der Waals surface area contributed by atoms with Gasteiger partial charge in [0, 0.05) is 55.3 Å². The van der Waals surface area contributed by atoms with Gasteiger partial charge in [0.05, 0.1) is 24.2 Å². The number of anilines is 1. The van der Waals surface area contributed by atoms with Crippen LogP contribution in [0.2, 0.25) is 5.02 Å². The Hall–Kier alpha value is -3.30. The highest BCUT2D eigenvalue weighted by Gasteiger charge is 2.24. The van der Waals surface area contributed by atoms with Crippen LogP contribution in [0, 0.1) is 6.57 Å². The number of aromatic nitrogens is 1. The largest absolute Gasteiger partial charge is 0.495 e. The maximum Gasteiger partial charge on any atom is 0.219 e. The van der Waals surface area contributed by atoms with Gasteiger partial charge < -0.3 is 15.0 Å². The third-order valence-electron chi connectivity index (χ3n) is 5.63. The van der Waals surface area contributed by atoms with E-state index in [0.29, 0.717) is 36.1 Å². The first-order chi connectivity index (χ1) is 15.0. The van der Waals surface area contributed by atoms with E-state index in [1.807, 2.05) is 35.2 Å². The first-order valence-corrected chi connectivity index (χ1v) is 10.5. The summed E-state index contributed by atoms with van der Waals surface area (Å²) >= 11 is 6.26. The van der Waals surface area contributed by atoms with Crippen molar-refractivity contribution in [1.29, 1.82) is 0 Å². The number of carbonyl (C=O) groups is 1. The Balaban J connectivity index is 1.67. The third-order valence-corrected chi connectivity index (χ3v) is 5.92. The van der Waals surface area contributed by atoms with Gasteiger partial charge in [-0.2, -0.15) is 0 Å². The highest BCUT2D eigenvalue weighted by Crippen LogP contribution is 2.34. The molecule has 31 heavy (non-hydrogen) atoms. The number of halogens is 1. The number of nitrogens with one attached hydrogen (secondary N) is 1. The Morgan fingerprint density at radius 2 is 2.16 bits per heavy atom. The molecular weight excluding hydrogens is 412 g/mol. The number of benzene rings is 2. The molecule has 0 bridgehead atoms. The molecule has 1 N–H and O–H groups in total. The summed E-state index contributed by atoms with van der Waals surface area (Å²) in [5.74, 6) is 0.711. The Morgan fingerprint density at radius 3 is 2.87 bits per heavy atom. The minimum Gasteiger partial charge on any atom is -0.495 e. The molecular formula is C24H23ClN4O2. The molecule has 3 aromatic rings. The van der Waals surface area contributed by atoms with E-state index < -0.39 is 0 Å². The summed E-state index contributed by atoms with van der Waals surface area (Å²) in [5, 5.41) is 5.06. The fourth-order valence-corrected chi connectivity index (χ4v) is 4.25. The van der Waals surface area contributed by atoms with Crippen molar-refractivity contribution in [2.45, 2.75) is 26.3 Å². The third kappa shape index (κ3) is 4.28. The Kier molecular flexibility index (Phi) is 5.97. The predicted octanol–water partition coefficient (Wildman–Crippen LogP) is 5.01. The molecule has 2 aromatic carbocycles. The molecule has 158 valence electrons. The van der Waals surface area contributed by atoms with Gasteiger partial charge in [-0.25, -0.2) is 4.85 Å². The number of carbonyl (C=O) groups excluding carboxylic acids is 1. The smallest absolute Gasteiger partial charge is 0.219 e. The highest BCUT2D eigenvalue weighted by molar-refractivity contribution is 6.32. The van der Waals surface area contributed by atoms with E-state index in [1.54, 1.807) is 20.1 Å². The van der Waals surface area contributed by atoms with Gasteiger partial charge in [0.2, 0.25) is 5.91 Å². The zero-order chi connectivity index (χ0) is 22.0. The maximum atomic E-state index is 12.0. The molecule has 0 saturated heterocycles. The van der Waals surface area contributed by atoms with Crippen LogP contribution < -0.4 is 10.1 Å². The Labute approximate surface area is 186 Å². The van der Waals surface area contributed by atoms with Crippen LogP contribution in [0.25, 0.3) is 15.7 Å². The number of amides is 1. The van der Waals surface area contributed by atoms with E-state index in [2.05, 4.69) is 10.2 Å². The number of fused-ring (bicyclic) bond motifs is 2. The molecule has 2 heterocycles. The number of hydrogen-bond donors (Lipinski definition) is 1. The minimum absolute atomic E-state index is 0.0551. The van der Waals surface area contributed by atoms with Crippen LogP contribution >= 0.6 is 11.6 Å². The van der Waals surface area contributed by atoms with Crippen LogP contribution in [-0.2, 0) is 24.2 Å². The number of ether oxygens (including phenoxy) is 1. The summed E-state index contributed by atoms with van der Waals surface area (Å²) in [4.78, 5) is 22.2. The van der Waals surface area contributed by atoms with Crippen molar-refractivity contribution in [3.63, 3.8) is 0 Å². The maximum absolute atomic E-state index is 12.0. The first-order valence-electron chi connectivity index (χ1n) is 10.1. The molecule has 1 aliphatic rings. The Bertz CT molecular complexity index is 1200. The summed E-state index contributed by atoms with van der Waals surface area (Å²) in [5.41, 5.74) is 5.52. The lowest BCUT2D eigenvalue weighted by Gasteiger charge is -2.30. The van der Waals surface area contributed by atoms with Crippen LogP contribution in [0.15, 0.2) is 36.4 Å². The van der Waals surface area contributed by atoms with Crippen molar-refractivity contribution < 1.29 is 9.53 Å². The van der Waals surface area contributed by atoms with Crippen molar-refractivity contribution in [3.8, 4) is 5.75 Å². The number of nitrogens with zero attached hydrogens (tertiary/aromatic N) is 3. The molecule has 6 nitrogen and oxygen atoms in total. The van der Waals surface area contributed by atoms with E-state index in [4.69, 9.17) is 27.9 Å². The topological polar surface area (TPSA) is 58.8 Å². The average molecular weight is 435 g/mol. The molecule has 0 fully saturated rings. The van der Waals surface area contributed by atoms with Crippen molar-refractivity contribution >= 4 is 39.8 Å². The van der Waals surface area contributed by atoms with Gasteiger partial charge in [-0.1, -0.05) is 23.7 Å². The van der Waals surface area contributed by atoms with Crippen LogP contribution in [-0.4, -0.2) is 36.0 Å². The fraction of sp³-hybridized carbons (Fsp3) is 0.292. The molecule has 0 unspecified atom stereocenters. The van der Waals surface area contributed by atoms with Gasteiger partial charge in [-0.05, 0) is 36.2 Å². The van der Waals surface area contributed by atoms with E-state index in [0.717, 1.165) is 46.3 Å². The van der Waals surface area contributed by atoms with E-state index in [1.165, 1.54) is 0 Å². The lowest BCUT2D eigenvalue weighted by molar-refractivity contribution is -0.129. The summed E-state index contributed by atoms with van der Waals surface area (Å²) < 4.78 is 5.22. The lowest BCUT2D eigenvalue weighted by atomic mass is 9.99. The molecule has 1 aliphatic heterocycles. The SMILES string of the molecule is [C-]#[N+]c1ccc2nc3c(c(NCCc4ccc(OC)c(Cl)c4)c2c1)CN(C(C)=O)CC3. The van der Waals surface area contributed by atoms with Crippen LogP contribution in [0.3, 0.4) is 0 Å². The lowest BCUT2D eigenvalue weighted by Crippen LogP contribution is -2.35. The second kappa shape index (κ2) is 8.83. The van der Waals surface area contributed by atoms with Crippen molar-refractivity contribution in [2.75, 3.05) is 25.5 Å². The second-order valence-electron chi connectivity index (χ2n) is 7.56. The van der Waals surface area contributed by atoms with Gasteiger partial charge in [0.15, 0.2) is 5.69 Å². The van der Waals surface area contributed by atoms with Crippen LogP contribution in [0.5, 0.6) is 5.75 Å². The monoisotopic (exact) mass is 434 g/mol. The quantitative estimate of drug-likeness (QED) is 0.573. The molecule has 0 spiro atoms. The average Bonchev–Trinajstić information content (AvgIpc) is 2.78. The van der Waals surface area contributed by atoms with Crippen molar-refractivity contribution in [1.82, 2.24) is 9.88 Å². The molecule has 0 radical (unpaired) electrons. The van der Waals surface area contributed by atoms with Crippen molar-refractivity contribution in [2.24, 2.45) is 0 Å². The van der Waals surface area contributed by atoms with Gasteiger partial charge in [-0.15, -0.1) is 0 Å². The molecule has 1 aromatic heterocycles. The van der Waals surface area contributed by atoms with Crippen LogP contribution in [0.4, 0.5) is 11.4 Å². The molecule has 0 atom stereocenters. The van der Waals surface area contributed by atoms with E-state index in [9.17, 15) is 4.79 Å². The summed E-state index contributed by atoms with van der Waals surface area (Å²) in [6, 6.07) is 11.3. The molecule has 0 aliphatic carbocycles. The van der Waals surface area contributed by atoms with Crippen molar-refractivity contribution in [3.05, 3.63) is 69.7 Å². The van der Waals surface area contributed by atoms with Gasteiger partial charge in [0.1, 0.15) is 5.75 Å². The minimum atomic E-state index is 0.0551. The zero-order valence-corrected chi connectivity index (χ0v) is 18.3. The highest BCUT2D eigenvalue weighted by atomic mass is 35.5. The molecule has 7 heteroatoms. The van der Waals surface area contributed by atoms with E-state index in [-0.39, 0.29) is 5.91 Å². The van der Waals surface area contributed by atoms with Crippen LogP contribution in [0.1, 0.15) is 23.7 Å². The summed E-state index contributed by atoms with van der Waals surface area (Å²) in [7, 11) is 1.60. The number of pyridine rings is 1. The van der Waals surface area contributed by atoms with Gasteiger partial charge in [-0.3, -0.25) is 9.78 Å². The van der Waals surface area contributed by atoms with E-state index >= 15 is 0 Å². The number of rotatable bonds is 5. The molecule has 1 amide bonds. The zero-order valence-electron chi connectivity index (χ0n) is 17.5. The summed E-state index contributed by atoms with van der Waals surface area (Å²) in [6.07, 6.45) is 1.49. The predicted molar refractivity (Wildman–Crippen MR) is 123 cm³/mol. The fourth-order valence-electron chi connectivity index (χ4n) is 3.97. The Morgan fingerprint density at radius 1 is 1.32 bits per heavy atom.